The Bertz CT molecular complexity index is 907. The number of ether oxygens (including phenoxy) is 2. The van der Waals surface area contributed by atoms with Crippen LogP contribution in [0, 0.1) is 17.1 Å². The molecule has 0 bridgehead atoms. The summed E-state index contributed by atoms with van der Waals surface area (Å²) >= 11 is 0. The summed E-state index contributed by atoms with van der Waals surface area (Å²) in [5, 5.41) is 57.1. The van der Waals surface area contributed by atoms with E-state index in [1.807, 2.05) is 0 Å². The first-order chi connectivity index (χ1) is 16.0. The Balaban J connectivity index is 1.56. The van der Waals surface area contributed by atoms with Crippen molar-refractivity contribution in [3.63, 3.8) is 0 Å². The van der Waals surface area contributed by atoms with Crippen LogP contribution in [0.2, 0.25) is 0 Å². The van der Waals surface area contributed by atoms with Gasteiger partial charge in [0.15, 0.2) is 0 Å². The lowest BCUT2D eigenvalue weighted by Gasteiger charge is -2.76. The van der Waals surface area contributed by atoms with Gasteiger partial charge in [0.25, 0.3) is 0 Å². The molecular weight excluding hydrogens is 456 g/mol. The Kier molecular flexibility index (Phi) is 5.37. The summed E-state index contributed by atoms with van der Waals surface area (Å²) in [7, 11) is 0. The van der Waals surface area contributed by atoms with Gasteiger partial charge in [-0.2, -0.15) is 0 Å². The van der Waals surface area contributed by atoms with Crippen LogP contribution in [-0.4, -0.2) is 110 Å². The summed E-state index contributed by atoms with van der Waals surface area (Å²) in [6.45, 7) is 2.07. The zero-order valence-electron chi connectivity index (χ0n) is 18.6. The molecule has 0 aromatic heterocycles. The largest absolute Gasteiger partial charge is 0.833 e. The van der Waals surface area contributed by atoms with Gasteiger partial charge < -0.3 is 40.3 Å². The van der Waals surface area contributed by atoms with Crippen molar-refractivity contribution in [1.29, 1.82) is 0 Å². The molecule has 0 aromatic rings. The van der Waals surface area contributed by atoms with E-state index in [2.05, 4.69) is 10.6 Å². The van der Waals surface area contributed by atoms with Crippen LogP contribution in [0.3, 0.4) is 0 Å². The Morgan fingerprint density at radius 3 is 1.76 bits per heavy atom. The second-order valence-electron chi connectivity index (χ2n) is 9.86. The number of fused-ring (bicyclic) bond motifs is 4. The summed E-state index contributed by atoms with van der Waals surface area (Å²) in [5.41, 5.74) is -2.96. The number of amides is 5. The Labute approximate surface area is 194 Å². The molecule has 189 valence electrons. The minimum atomic E-state index is -1.48. The van der Waals surface area contributed by atoms with Gasteiger partial charge in [-0.05, 0) is 13.2 Å². The second kappa shape index (κ2) is 7.71. The summed E-state index contributed by atoms with van der Waals surface area (Å²) < 4.78 is 11.4. The summed E-state index contributed by atoms with van der Waals surface area (Å²) in [6.07, 6.45) is -6.87. The summed E-state index contributed by atoms with van der Waals surface area (Å²) in [5.74, 6) is -0.695. The van der Waals surface area contributed by atoms with Crippen LogP contribution >= 0.6 is 0 Å². The lowest BCUT2D eigenvalue weighted by Crippen LogP contribution is -2.92. The molecule has 10 atom stereocenters. The van der Waals surface area contributed by atoms with E-state index in [0.29, 0.717) is 0 Å². The number of nitrogens with one attached hydrogen (secondary N) is 2. The second-order valence-corrected chi connectivity index (χ2v) is 9.86. The molecule has 0 unspecified atom stereocenters. The fourth-order valence-electron chi connectivity index (χ4n) is 6.31. The fraction of sp³-hybridized carbons (Fsp3) is 0.800. The van der Waals surface area contributed by atoms with Crippen LogP contribution in [0.1, 0.15) is 26.7 Å². The molecule has 5 aliphatic rings. The number of hydrogen-bond acceptors (Lipinski definition) is 10. The smallest absolute Gasteiger partial charge is 0.326 e. The highest BCUT2D eigenvalue weighted by Crippen LogP contribution is 2.66. The van der Waals surface area contributed by atoms with Crippen molar-refractivity contribution in [2.45, 2.75) is 75.6 Å². The SMILES string of the molecule is C[C@]12C(=O)NC(=O)N([C@H]3C[C@H](O)[C@@H](CO)O3)[C@H]1[C@H]1N([C@H]3C[C@H](O)[C@@H](CO)O3)C(=O)N[C]([O-])[C@]12C. The van der Waals surface area contributed by atoms with E-state index in [0.717, 1.165) is 0 Å². The third kappa shape index (κ3) is 2.78. The topological polar surface area (TPSA) is 204 Å². The minimum absolute atomic E-state index is 0.0474. The predicted molar refractivity (Wildman–Crippen MR) is 106 cm³/mol. The molecule has 0 spiro atoms. The van der Waals surface area contributed by atoms with E-state index < -0.39 is 97.2 Å². The number of carbonyl (C=O) groups is 3. The van der Waals surface area contributed by atoms with Crippen LogP contribution < -0.4 is 15.7 Å². The van der Waals surface area contributed by atoms with Crippen LogP contribution in [0.25, 0.3) is 0 Å². The van der Waals surface area contributed by atoms with Gasteiger partial charge in [-0.15, -0.1) is 0 Å². The predicted octanol–water partition coefficient (Wildman–Crippen LogP) is -3.89. The number of urea groups is 2. The number of rotatable bonds is 4. The average molecular weight is 484 g/mol. The van der Waals surface area contributed by atoms with Crippen molar-refractivity contribution in [3.05, 3.63) is 6.23 Å². The van der Waals surface area contributed by atoms with E-state index in [4.69, 9.17) is 9.47 Å². The highest BCUT2D eigenvalue weighted by atomic mass is 16.6. The number of hydrogen-bond donors (Lipinski definition) is 6. The van der Waals surface area contributed by atoms with Gasteiger partial charge >= 0.3 is 12.1 Å². The summed E-state index contributed by atoms with van der Waals surface area (Å²) in [6, 6.07) is -3.69. The standard InChI is InChI=1S/C20H28N4O10/c1-19-13(23(17(31)21-15(19)29)11-3-7(27)9(5-25)33-11)14-20(19,2)16(30)22-18(32)24(14)12-4-8(28)10(6-26)34-12/h7-14,25-28H,3-6H2,1-2H3,(H,21,31)(H,22,30,32)/q-1/t7-,8-,9+,10+,11+,12+,13+,14-,19-,20+/m0/s1. The molecule has 5 rings (SSSR count). The van der Waals surface area contributed by atoms with E-state index in [-0.39, 0.29) is 12.8 Å². The van der Waals surface area contributed by atoms with Gasteiger partial charge in [-0.25, -0.2) is 9.59 Å². The molecule has 14 nitrogen and oxygen atoms in total. The first-order valence-electron chi connectivity index (χ1n) is 11.2. The molecule has 6 N–H and O–H groups in total. The molecule has 5 amide bonds. The molecule has 1 radical (unpaired) electrons. The normalized spacial score (nSPS) is 48.9. The molecule has 14 heteroatoms. The number of nitrogens with zero attached hydrogens (tertiary/aromatic N) is 2. The van der Waals surface area contributed by atoms with E-state index in [1.165, 1.54) is 23.6 Å². The van der Waals surface area contributed by atoms with Gasteiger partial charge in [0.05, 0.1) is 42.9 Å². The molecular formula is C20H28N4O10-. The monoisotopic (exact) mass is 484 g/mol. The third-order valence-electron chi connectivity index (χ3n) is 8.40. The van der Waals surface area contributed by atoms with E-state index in [9.17, 15) is 39.9 Å². The van der Waals surface area contributed by atoms with E-state index in [1.54, 1.807) is 0 Å². The maximum atomic E-state index is 13.1. The van der Waals surface area contributed by atoms with Crippen LogP contribution in [-0.2, 0) is 14.3 Å². The number of aliphatic hydroxyl groups is 4. The van der Waals surface area contributed by atoms with E-state index >= 15 is 0 Å². The summed E-state index contributed by atoms with van der Waals surface area (Å²) in [4.78, 5) is 41.6. The third-order valence-corrected chi connectivity index (χ3v) is 8.40. The number of imide groups is 1. The fourth-order valence-corrected chi connectivity index (χ4v) is 6.31. The first kappa shape index (κ1) is 23.7. The van der Waals surface area contributed by atoms with Crippen molar-refractivity contribution in [2.24, 2.45) is 10.8 Å². The lowest BCUT2D eigenvalue weighted by atomic mass is 9.41. The van der Waals surface area contributed by atoms with Crippen molar-refractivity contribution < 1.29 is 49.4 Å². The highest BCUT2D eigenvalue weighted by molar-refractivity contribution is 6.03. The van der Waals surface area contributed by atoms with Crippen LogP contribution in [0.15, 0.2) is 0 Å². The zero-order valence-corrected chi connectivity index (χ0v) is 18.6. The molecule has 1 aliphatic carbocycles. The van der Waals surface area contributed by atoms with Gasteiger partial charge in [-0.1, -0.05) is 6.92 Å². The van der Waals surface area contributed by atoms with Gasteiger partial charge in [0, 0.05) is 18.3 Å². The molecule has 0 aromatic carbocycles. The molecule has 4 saturated heterocycles. The van der Waals surface area contributed by atoms with Crippen LogP contribution in [0.4, 0.5) is 9.59 Å². The Hall–Kier alpha value is -2.07. The molecule has 1 saturated carbocycles. The minimum Gasteiger partial charge on any atom is -0.833 e. The molecule has 4 aliphatic heterocycles. The molecule has 5 fully saturated rings. The van der Waals surface area contributed by atoms with Crippen molar-refractivity contribution in [3.8, 4) is 0 Å². The van der Waals surface area contributed by atoms with Gasteiger partial charge in [-0.3, -0.25) is 19.9 Å². The van der Waals surface area contributed by atoms with Crippen molar-refractivity contribution in [2.75, 3.05) is 13.2 Å². The van der Waals surface area contributed by atoms with Crippen molar-refractivity contribution >= 4 is 18.0 Å². The quantitative estimate of drug-likeness (QED) is 0.229. The Morgan fingerprint density at radius 2 is 1.32 bits per heavy atom. The van der Waals surface area contributed by atoms with Gasteiger partial charge in [0.2, 0.25) is 5.91 Å². The lowest BCUT2D eigenvalue weighted by molar-refractivity contribution is -0.422. The Morgan fingerprint density at radius 1 is 0.882 bits per heavy atom. The van der Waals surface area contributed by atoms with Gasteiger partial charge in [0.1, 0.15) is 24.7 Å². The maximum absolute atomic E-state index is 13.1. The zero-order chi connectivity index (χ0) is 24.7. The average Bonchev–Trinajstić information content (AvgIpc) is 3.34. The number of aliphatic hydroxyl groups excluding tert-OH is 4. The number of carbonyl (C=O) groups excluding carboxylic acids is 3. The molecule has 34 heavy (non-hydrogen) atoms. The van der Waals surface area contributed by atoms with Crippen molar-refractivity contribution in [1.82, 2.24) is 20.4 Å². The highest BCUT2D eigenvalue weighted by Gasteiger charge is 2.80. The maximum Gasteiger partial charge on any atom is 0.326 e. The molecule has 4 heterocycles. The van der Waals surface area contributed by atoms with Crippen LogP contribution in [0.5, 0.6) is 0 Å². The first-order valence-corrected chi connectivity index (χ1v) is 11.2.